The first kappa shape index (κ1) is 10.8. The largest absolute Gasteiger partial charge is 0.496 e. The molecule has 0 unspecified atom stereocenters. The summed E-state index contributed by atoms with van der Waals surface area (Å²) in [6.07, 6.45) is -1.73. The van der Waals surface area contributed by atoms with Gasteiger partial charge in [0.25, 0.3) is 11.7 Å². The van der Waals surface area contributed by atoms with Gasteiger partial charge in [0.05, 0.1) is 7.11 Å². The molecule has 0 radical (unpaired) electrons. The summed E-state index contributed by atoms with van der Waals surface area (Å²) >= 11 is 5.14. The summed E-state index contributed by atoms with van der Waals surface area (Å²) in [7, 11) is 1.26. The van der Waals surface area contributed by atoms with E-state index >= 15 is 0 Å². The number of aromatic nitrogens is 1. The average Bonchev–Trinajstić information content (AvgIpc) is 2.16. The molecular weight excluding hydrogens is 216 g/mol. The quantitative estimate of drug-likeness (QED) is 0.736. The smallest absolute Gasteiger partial charge is 0.281 e. The van der Waals surface area contributed by atoms with Crippen LogP contribution in [0.1, 0.15) is 22.5 Å². The van der Waals surface area contributed by atoms with Gasteiger partial charge in [-0.3, -0.25) is 9.78 Å². The van der Waals surface area contributed by atoms with E-state index in [1.54, 1.807) is 0 Å². The molecule has 0 atom stereocenters. The van der Waals surface area contributed by atoms with Crippen LogP contribution in [0.4, 0.5) is 8.78 Å². The zero-order chi connectivity index (χ0) is 10.7. The SMILES string of the molecule is COc1ccnc(C(F)F)c1C(=O)Cl. The molecule has 0 amide bonds. The zero-order valence-corrected chi connectivity index (χ0v) is 7.89. The van der Waals surface area contributed by atoms with E-state index in [0.29, 0.717) is 0 Å². The topological polar surface area (TPSA) is 39.2 Å². The van der Waals surface area contributed by atoms with Crippen molar-refractivity contribution in [2.45, 2.75) is 6.43 Å². The molecule has 0 bridgehead atoms. The predicted molar refractivity (Wildman–Crippen MR) is 45.9 cm³/mol. The van der Waals surface area contributed by atoms with E-state index in [9.17, 15) is 13.6 Å². The Morgan fingerprint density at radius 2 is 2.29 bits per heavy atom. The lowest BCUT2D eigenvalue weighted by atomic mass is 10.2. The number of carbonyl (C=O) groups excluding carboxylic acids is 1. The molecule has 0 aromatic carbocycles. The van der Waals surface area contributed by atoms with Gasteiger partial charge in [-0.2, -0.15) is 0 Å². The molecular formula is C8H6ClF2NO2. The number of halogens is 3. The second kappa shape index (κ2) is 4.32. The fourth-order valence-corrected chi connectivity index (χ4v) is 1.18. The summed E-state index contributed by atoms with van der Waals surface area (Å²) in [5.74, 6) is -0.00435. The molecule has 1 aromatic heterocycles. The Labute approximate surface area is 83.7 Å². The summed E-state index contributed by atoms with van der Waals surface area (Å²) in [4.78, 5) is 14.2. The summed E-state index contributed by atoms with van der Waals surface area (Å²) in [6.45, 7) is 0. The van der Waals surface area contributed by atoms with Crippen molar-refractivity contribution in [1.82, 2.24) is 4.98 Å². The summed E-state index contributed by atoms with van der Waals surface area (Å²) in [5, 5.41) is -1.01. The van der Waals surface area contributed by atoms with E-state index in [1.165, 1.54) is 13.2 Å². The van der Waals surface area contributed by atoms with E-state index < -0.39 is 17.4 Å². The van der Waals surface area contributed by atoms with Crippen LogP contribution < -0.4 is 4.74 Å². The molecule has 1 rings (SSSR count). The molecule has 14 heavy (non-hydrogen) atoms. The minimum atomic E-state index is -2.86. The van der Waals surface area contributed by atoms with Crippen LogP contribution in [-0.4, -0.2) is 17.3 Å². The lowest BCUT2D eigenvalue weighted by Gasteiger charge is -2.08. The Hall–Kier alpha value is -1.23. The molecule has 0 aliphatic carbocycles. The van der Waals surface area contributed by atoms with Crippen molar-refractivity contribution in [3.8, 4) is 5.75 Å². The van der Waals surface area contributed by atoms with Crippen molar-refractivity contribution in [3.63, 3.8) is 0 Å². The first-order valence-electron chi connectivity index (χ1n) is 3.58. The maximum atomic E-state index is 12.4. The standard InChI is InChI=1S/C8H6ClF2NO2/c1-14-4-2-3-12-6(8(10)11)5(4)7(9)13/h2-3,8H,1H3. The third-order valence-corrected chi connectivity index (χ3v) is 1.75. The third-order valence-electron chi connectivity index (χ3n) is 1.57. The molecule has 1 aromatic rings. The Morgan fingerprint density at radius 1 is 1.64 bits per heavy atom. The van der Waals surface area contributed by atoms with Crippen LogP contribution in [0.25, 0.3) is 0 Å². The first-order chi connectivity index (χ1) is 6.57. The number of ether oxygens (including phenoxy) is 1. The molecule has 0 saturated carbocycles. The molecule has 1 heterocycles. The number of hydrogen-bond donors (Lipinski definition) is 0. The number of methoxy groups -OCH3 is 1. The van der Waals surface area contributed by atoms with Crippen molar-refractivity contribution in [3.05, 3.63) is 23.5 Å². The van der Waals surface area contributed by atoms with E-state index in [2.05, 4.69) is 4.98 Å². The van der Waals surface area contributed by atoms with Crippen LogP contribution in [-0.2, 0) is 0 Å². The van der Waals surface area contributed by atoms with Crippen molar-refractivity contribution in [2.24, 2.45) is 0 Å². The van der Waals surface area contributed by atoms with Crippen LogP contribution in [0.5, 0.6) is 5.75 Å². The van der Waals surface area contributed by atoms with E-state index in [1.807, 2.05) is 0 Å². The molecule has 0 spiro atoms. The van der Waals surface area contributed by atoms with Gasteiger partial charge in [0.1, 0.15) is 17.0 Å². The van der Waals surface area contributed by atoms with Gasteiger partial charge < -0.3 is 4.74 Å². The van der Waals surface area contributed by atoms with E-state index in [-0.39, 0.29) is 11.3 Å². The Kier molecular flexibility index (Phi) is 3.35. The number of hydrogen-bond acceptors (Lipinski definition) is 3. The number of carbonyl (C=O) groups is 1. The first-order valence-corrected chi connectivity index (χ1v) is 3.96. The molecule has 0 aliphatic rings. The lowest BCUT2D eigenvalue weighted by molar-refractivity contribution is 0.105. The van der Waals surface area contributed by atoms with Gasteiger partial charge in [-0.15, -0.1) is 0 Å². The van der Waals surface area contributed by atoms with Gasteiger partial charge in [0, 0.05) is 6.20 Å². The molecule has 6 heteroatoms. The molecule has 3 nitrogen and oxygen atoms in total. The number of alkyl halides is 2. The Morgan fingerprint density at radius 3 is 2.71 bits per heavy atom. The van der Waals surface area contributed by atoms with Crippen molar-refractivity contribution in [1.29, 1.82) is 0 Å². The van der Waals surface area contributed by atoms with E-state index in [0.717, 1.165) is 6.20 Å². The third kappa shape index (κ3) is 1.98. The number of rotatable bonds is 3. The summed E-state index contributed by atoms with van der Waals surface area (Å²) in [5.41, 5.74) is -1.05. The molecule has 76 valence electrons. The molecule has 0 fully saturated rings. The predicted octanol–water partition coefficient (Wildman–Crippen LogP) is 2.41. The number of nitrogens with zero attached hydrogens (tertiary/aromatic N) is 1. The zero-order valence-electron chi connectivity index (χ0n) is 7.13. The average molecular weight is 222 g/mol. The van der Waals surface area contributed by atoms with Crippen LogP contribution in [0.3, 0.4) is 0 Å². The Balaban J connectivity index is 3.35. The highest BCUT2D eigenvalue weighted by atomic mass is 35.5. The lowest BCUT2D eigenvalue weighted by Crippen LogP contribution is -2.04. The van der Waals surface area contributed by atoms with Gasteiger partial charge in [0.2, 0.25) is 0 Å². The fourth-order valence-electron chi connectivity index (χ4n) is 0.992. The Bertz CT molecular complexity index is 357. The molecule has 0 N–H and O–H groups in total. The maximum absolute atomic E-state index is 12.4. The minimum absolute atomic E-state index is 0.00435. The van der Waals surface area contributed by atoms with Gasteiger partial charge in [-0.25, -0.2) is 8.78 Å². The van der Waals surface area contributed by atoms with E-state index in [4.69, 9.17) is 16.3 Å². The fraction of sp³-hybridized carbons (Fsp3) is 0.250. The normalized spacial score (nSPS) is 10.4. The minimum Gasteiger partial charge on any atom is -0.496 e. The van der Waals surface area contributed by atoms with Crippen LogP contribution in [0.2, 0.25) is 0 Å². The highest BCUT2D eigenvalue weighted by Crippen LogP contribution is 2.28. The van der Waals surface area contributed by atoms with Crippen molar-refractivity contribution in [2.75, 3.05) is 7.11 Å². The van der Waals surface area contributed by atoms with Gasteiger partial charge >= 0.3 is 0 Å². The molecule has 0 saturated heterocycles. The summed E-state index contributed by atoms with van der Waals surface area (Å²) in [6, 6.07) is 1.29. The van der Waals surface area contributed by atoms with Crippen LogP contribution >= 0.6 is 11.6 Å². The van der Waals surface area contributed by atoms with Gasteiger partial charge in [-0.1, -0.05) is 0 Å². The van der Waals surface area contributed by atoms with Crippen molar-refractivity contribution < 1.29 is 18.3 Å². The van der Waals surface area contributed by atoms with Crippen molar-refractivity contribution >= 4 is 16.8 Å². The van der Waals surface area contributed by atoms with Crippen LogP contribution in [0.15, 0.2) is 12.3 Å². The second-order valence-corrected chi connectivity index (χ2v) is 2.69. The highest BCUT2D eigenvalue weighted by Gasteiger charge is 2.22. The summed E-state index contributed by atoms with van der Waals surface area (Å²) < 4.78 is 29.5. The second-order valence-electron chi connectivity index (χ2n) is 2.35. The van der Waals surface area contributed by atoms with Gasteiger partial charge in [-0.05, 0) is 17.7 Å². The monoisotopic (exact) mass is 221 g/mol. The molecule has 0 aliphatic heterocycles. The number of pyridine rings is 1. The maximum Gasteiger partial charge on any atom is 0.281 e. The highest BCUT2D eigenvalue weighted by molar-refractivity contribution is 6.68. The van der Waals surface area contributed by atoms with Crippen LogP contribution in [0, 0.1) is 0 Å². The van der Waals surface area contributed by atoms with Gasteiger partial charge in [0.15, 0.2) is 0 Å².